The van der Waals surface area contributed by atoms with Crippen molar-refractivity contribution >= 4 is 31.9 Å². The third-order valence-electron chi connectivity index (χ3n) is 5.49. The number of rotatable bonds is 4. The van der Waals surface area contributed by atoms with Crippen molar-refractivity contribution in [1.29, 1.82) is 0 Å². The van der Waals surface area contributed by atoms with Crippen molar-refractivity contribution in [2.24, 2.45) is 0 Å². The van der Waals surface area contributed by atoms with E-state index in [0.717, 1.165) is 0 Å². The van der Waals surface area contributed by atoms with Crippen LogP contribution in [0.1, 0.15) is 38.5 Å². The summed E-state index contributed by atoms with van der Waals surface area (Å²) in [6, 6.07) is 5.46. The third-order valence-corrected chi connectivity index (χ3v) is 8.41. The molecule has 150 valence electrons. The average molecular weight is 465 g/mol. The zero-order chi connectivity index (χ0) is 19.8. The van der Waals surface area contributed by atoms with Crippen molar-refractivity contribution in [2.45, 2.75) is 61.4 Å². The number of carbonyl (C=O) groups excluding carboxylic acids is 1. The predicted octanol–water partition coefficient (Wildman–Crippen LogP) is 3.64. The molecule has 1 amide bonds. The molecular formula is C18H23BrF2N2O3S. The maximum absolute atomic E-state index is 13.4. The number of halogens is 3. The van der Waals surface area contributed by atoms with Crippen molar-refractivity contribution in [3.8, 4) is 0 Å². The lowest BCUT2D eigenvalue weighted by atomic mass is 9.91. The Bertz CT molecular complexity index is 809. The lowest BCUT2D eigenvalue weighted by Gasteiger charge is -2.37. The molecule has 1 saturated carbocycles. The monoisotopic (exact) mass is 464 g/mol. The van der Waals surface area contributed by atoms with Gasteiger partial charge in [0, 0.05) is 36.9 Å². The molecule has 1 aromatic rings. The molecule has 2 aliphatic rings. The maximum Gasteiger partial charge on any atom is 0.248 e. The van der Waals surface area contributed by atoms with Crippen molar-refractivity contribution in [3.05, 3.63) is 28.7 Å². The molecule has 0 unspecified atom stereocenters. The van der Waals surface area contributed by atoms with Crippen LogP contribution in [0.25, 0.3) is 0 Å². The van der Waals surface area contributed by atoms with Gasteiger partial charge in [-0.05, 0) is 53.7 Å². The molecular weight excluding hydrogens is 442 g/mol. The van der Waals surface area contributed by atoms with Gasteiger partial charge in [0.15, 0.2) is 0 Å². The van der Waals surface area contributed by atoms with Crippen LogP contribution < -0.4 is 0 Å². The second-order valence-electron chi connectivity index (χ2n) is 7.24. The molecule has 2 fully saturated rings. The van der Waals surface area contributed by atoms with Gasteiger partial charge < -0.3 is 4.90 Å². The van der Waals surface area contributed by atoms with E-state index >= 15 is 0 Å². The number of hydrogen-bond acceptors (Lipinski definition) is 3. The minimum absolute atomic E-state index is 0.129. The van der Waals surface area contributed by atoms with Crippen LogP contribution in [0.3, 0.4) is 0 Å². The average Bonchev–Trinajstić information content (AvgIpc) is 3.11. The van der Waals surface area contributed by atoms with Gasteiger partial charge in [-0.2, -0.15) is 4.31 Å². The van der Waals surface area contributed by atoms with E-state index in [4.69, 9.17) is 0 Å². The highest BCUT2D eigenvalue weighted by Crippen LogP contribution is 2.36. The summed E-state index contributed by atoms with van der Waals surface area (Å²) < 4.78 is 54.6. The fourth-order valence-electron chi connectivity index (χ4n) is 3.88. The number of carbonyl (C=O) groups is 1. The summed E-state index contributed by atoms with van der Waals surface area (Å²) in [6.45, 7) is 0.274. The third kappa shape index (κ3) is 4.19. The van der Waals surface area contributed by atoms with Crippen LogP contribution in [0.4, 0.5) is 8.78 Å². The number of hydrogen-bond donors (Lipinski definition) is 0. The number of benzene rings is 1. The normalized spacial score (nSPS) is 24.1. The SMILES string of the molecule is CN(C(=O)[C@@H]1CCCN1S(=O)(=O)c1ccccc1Br)C1CCC(F)(F)CC1. The van der Waals surface area contributed by atoms with Crippen molar-refractivity contribution < 1.29 is 22.0 Å². The molecule has 0 spiro atoms. The van der Waals surface area contributed by atoms with Crippen LogP contribution in [-0.4, -0.2) is 55.1 Å². The van der Waals surface area contributed by atoms with E-state index in [0.29, 0.717) is 17.3 Å². The highest BCUT2D eigenvalue weighted by molar-refractivity contribution is 9.10. The van der Waals surface area contributed by atoms with Crippen LogP contribution in [0.2, 0.25) is 0 Å². The summed E-state index contributed by atoms with van der Waals surface area (Å²) in [4.78, 5) is 14.6. The van der Waals surface area contributed by atoms with Crippen LogP contribution >= 0.6 is 15.9 Å². The number of alkyl halides is 2. The molecule has 0 N–H and O–H groups in total. The first kappa shape index (κ1) is 20.7. The van der Waals surface area contributed by atoms with Gasteiger partial charge in [-0.3, -0.25) is 4.79 Å². The Kier molecular flexibility index (Phi) is 5.93. The first-order valence-corrected chi connectivity index (χ1v) is 11.3. The molecule has 1 aliphatic heterocycles. The molecule has 1 aromatic carbocycles. The summed E-state index contributed by atoms with van der Waals surface area (Å²) in [6.07, 6.45) is 1.03. The summed E-state index contributed by atoms with van der Waals surface area (Å²) in [7, 11) is -2.23. The number of amides is 1. The minimum atomic E-state index is -3.83. The maximum atomic E-state index is 13.4. The zero-order valence-corrected chi connectivity index (χ0v) is 17.5. The highest BCUT2D eigenvalue weighted by Gasteiger charge is 2.43. The van der Waals surface area contributed by atoms with E-state index in [9.17, 15) is 22.0 Å². The Hall–Kier alpha value is -1.06. The Morgan fingerprint density at radius 3 is 2.48 bits per heavy atom. The van der Waals surface area contributed by atoms with Crippen LogP contribution in [0.15, 0.2) is 33.6 Å². The first-order chi connectivity index (χ1) is 12.6. The quantitative estimate of drug-likeness (QED) is 0.683. The summed E-state index contributed by atoms with van der Waals surface area (Å²) in [5.74, 6) is -2.97. The number of nitrogens with zero attached hydrogens (tertiary/aromatic N) is 2. The molecule has 1 aliphatic carbocycles. The second kappa shape index (κ2) is 7.75. The number of likely N-dealkylation sites (N-methyl/N-ethyl adjacent to an activating group) is 1. The lowest BCUT2D eigenvalue weighted by Crippen LogP contribution is -2.50. The largest absolute Gasteiger partial charge is 0.341 e. The number of sulfonamides is 1. The van der Waals surface area contributed by atoms with E-state index in [1.54, 1.807) is 25.2 Å². The standard InChI is InChI=1S/C18H23BrF2N2O3S/c1-22(13-8-10-18(20,21)11-9-13)17(24)15-6-4-12-23(15)27(25,26)16-7-3-2-5-14(16)19/h2-3,5,7,13,15H,4,6,8-12H2,1H3/t15-/m0/s1. The van der Waals surface area contributed by atoms with Crippen molar-refractivity contribution in [1.82, 2.24) is 9.21 Å². The minimum Gasteiger partial charge on any atom is -0.341 e. The van der Waals surface area contributed by atoms with Gasteiger partial charge in [0.25, 0.3) is 0 Å². The van der Waals surface area contributed by atoms with Gasteiger partial charge in [-0.15, -0.1) is 0 Å². The molecule has 27 heavy (non-hydrogen) atoms. The molecule has 1 heterocycles. The summed E-state index contributed by atoms with van der Waals surface area (Å²) in [5, 5.41) is 0. The predicted molar refractivity (Wildman–Crippen MR) is 101 cm³/mol. The van der Waals surface area contributed by atoms with Gasteiger partial charge in [0.05, 0.1) is 4.90 Å². The van der Waals surface area contributed by atoms with Crippen molar-refractivity contribution in [2.75, 3.05) is 13.6 Å². The summed E-state index contributed by atoms with van der Waals surface area (Å²) >= 11 is 3.27. The van der Waals surface area contributed by atoms with E-state index < -0.39 is 22.0 Å². The molecule has 0 bridgehead atoms. The highest BCUT2D eigenvalue weighted by atomic mass is 79.9. The first-order valence-electron chi connectivity index (χ1n) is 9.04. The van der Waals surface area contributed by atoms with Gasteiger partial charge >= 0.3 is 0 Å². The Labute approximate surface area is 166 Å². The smallest absolute Gasteiger partial charge is 0.248 e. The lowest BCUT2D eigenvalue weighted by molar-refractivity contribution is -0.138. The van der Waals surface area contributed by atoms with Gasteiger partial charge in [-0.1, -0.05) is 12.1 Å². The van der Waals surface area contributed by atoms with Gasteiger partial charge in [0.1, 0.15) is 6.04 Å². The Balaban J connectivity index is 1.78. The summed E-state index contributed by atoms with van der Waals surface area (Å²) in [5.41, 5.74) is 0. The molecule has 9 heteroatoms. The van der Waals surface area contributed by atoms with Crippen molar-refractivity contribution in [3.63, 3.8) is 0 Å². The molecule has 1 atom stereocenters. The van der Waals surface area contributed by atoms with Crippen LogP contribution in [0, 0.1) is 0 Å². The van der Waals surface area contributed by atoms with Crippen LogP contribution in [0.5, 0.6) is 0 Å². The van der Waals surface area contributed by atoms with E-state index in [1.165, 1.54) is 15.3 Å². The van der Waals surface area contributed by atoms with E-state index in [2.05, 4.69) is 15.9 Å². The van der Waals surface area contributed by atoms with E-state index in [-0.39, 0.29) is 49.1 Å². The molecule has 1 saturated heterocycles. The van der Waals surface area contributed by atoms with Gasteiger partial charge in [0.2, 0.25) is 21.9 Å². The zero-order valence-electron chi connectivity index (χ0n) is 15.1. The van der Waals surface area contributed by atoms with E-state index in [1.807, 2.05) is 0 Å². The van der Waals surface area contributed by atoms with Crippen LogP contribution in [-0.2, 0) is 14.8 Å². The Morgan fingerprint density at radius 2 is 1.85 bits per heavy atom. The second-order valence-corrected chi connectivity index (χ2v) is 9.95. The fraction of sp³-hybridized carbons (Fsp3) is 0.611. The molecule has 3 rings (SSSR count). The molecule has 0 radical (unpaired) electrons. The Morgan fingerprint density at radius 1 is 1.22 bits per heavy atom. The molecule has 5 nitrogen and oxygen atoms in total. The molecule has 0 aromatic heterocycles. The topological polar surface area (TPSA) is 57.7 Å². The van der Waals surface area contributed by atoms with Gasteiger partial charge in [-0.25, -0.2) is 17.2 Å². The fourth-order valence-corrected chi connectivity index (χ4v) is 6.50.